The van der Waals surface area contributed by atoms with Crippen LogP contribution in [0.2, 0.25) is 5.02 Å². The van der Waals surface area contributed by atoms with Gasteiger partial charge in [0.05, 0.1) is 11.6 Å². The van der Waals surface area contributed by atoms with Crippen LogP contribution in [-0.2, 0) is 0 Å². The molecule has 0 aliphatic carbocycles. The molecule has 2 aromatic carbocycles. The van der Waals surface area contributed by atoms with Crippen molar-refractivity contribution in [3.8, 4) is 0 Å². The summed E-state index contributed by atoms with van der Waals surface area (Å²) in [5.41, 5.74) is 1.07. The van der Waals surface area contributed by atoms with E-state index >= 15 is 0 Å². The van der Waals surface area contributed by atoms with Gasteiger partial charge >= 0.3 is 6.03 Å². The van der Waals surface area contributed by atoms with Gasteiger partial charge in [0.15, 0.2) is 0 Å². The molecule has 0 saturated carbocycles. The van der Waals surface area contributed by atoms with E-state index in [2.05, 4.69) is 16.0 Å². The molecule has 3 amide bonds. The minimum absolute atomic E-state index is 0.138. The number of hydrogen-bond donors (Lipinski definition) is 3. The lowest BCUT2D eigenvalue weighted by molar-refractivity contribution is 0.0959. The van der Waals surface area contributed by atoms with Crippen LogP contribution in [0, 0.1) is 5.82 Å². The fourth-order valence-electron chi connectivity index (χ4n) is 2.11. The van der Waals surface area contributed by atoms with Gasteiger partial charge in [0.1, 0.15) is 5.82 Å². The minimum Gasteiger partial charge on any atom is -0.355 e. The highest BCUT2D eigenvalue weighted by Crippen LogP contribution is 2.17. The van der Waals surface area contributed by atoms with Crippen molar-refractivity contribution in [3.63, 3.8) is 0 Å². The Morgan fingerprint density at radius 2 is 1.79 bits per heavy atom. The fraction of sp³-hybridized carbons (Fsp3) is 0.176. The van der Waals surface area contributed by atoms with Crippen molar-refractivity contribution < 1.29 is 14.0 Å². The zero-order valence-corrected chi connectivity index (χ0v) is 13.9. The van der Waals surface area contributed by atoms with Crippen molar-refractivity contribution in [1.82, 2.24) is 10.6 Å². The van der Waals surface area contributed by atoms with E-state index in [4.69, 9.17) is 11.6 Å². The molecule has 0 fully saturated rings. The third kappa shape index (κ3) is 4.45. The van der Waals surface area contributed by atoms with Gasteiger partial charge in [0.2, 0.25) is 0 Å². The third-order valence-corrected chi connectivity index (χ3v) is 3.67. The van der Waals surface area contributed by atoms with Crippen LogP contribution in [0.5, 0.6) is 0 Å². The number of nitrogens with one attached hydrogen (secondary N) is 3. The number of urea groups is 1. The first kappa shape index (κ1) is 17.7. The summed E-state index contributed by atoms with van der Waals surface area (Å²) in [6.45, 7) is 1.82. The Bertz CT molecular complexity index is 750. The molecule has 0 radical (unpaired) electrons. The van der Waals surface area contributed by atoms with Crippen LogP contribution in [0.3, 0.4) is 0 Å². The maximum Gasteiger partial charge on any atom is 0.319 e. The van der Waals surface area contributed by atoms with Gasteiger partial charge < -0.3 is 16.0 Å². The zero-order chi connectivity index (χ0) is 17.7. The molecular formula is C17H17ClFN3O2. The molecule has 24 heavy (non-hydrogen) atoms. The number of rotatable bonds is 4. The first-order valence-corrected chi connectivity index (χ1v) is 7.63. The number of carbonyl (C=O) groups is 2. The van der Waals surface area contributed by atoms with Crippen LogP contribution in [-0.4, -0.2) is 19.0 Å². The van der Waals surface area contributed by atoms with Crippen LogP contribution < -0.4 is 16.0 Å². The summed E-state index contributed by atoms with van der Waals surface area (Å²) in [6.07, 6.45) is 0. The van der Waals surface area contributed by atoms with Crippen molar-refractivity contribution in [2.75, 3.05) is 12.4 Å². The predicted octanol–water partition coefficient (Wildman–Crippen LogP) is 3.72. The molecule has 7 heteroatoms. The number of carbonyl (C=O) groups excluding carboxylic acids is 2. The molecule has 0 heterocycles. The molecule has 0 aliphatic heterocycles. The van der Waals surface area contributed by atoms with Crippen LogP contribution >= 0.6 is 11.6 Å². The molecule has 3 N–H and O–H groups in total. The molecule has 0 spiro atoms. The topological polar surface area (TPSA) is 70.2 Å². The van der Waals surface area contributed by atoms with E-state index in [1.165, 1.54) is 19.2 Å². The highest BCUT2D eigenvalue weighted by molar-refractivity contribution is 6.30. The summed E-state index contributed by atoms with van der Waals surface area (Å²) in [6, 6.07) is 10.2. The highest BCUT2D eigenvalue weighted by Gasteiger charge is 2.13. The van der Waals surface area contributed by atoms with Gasteiger partial charge in [0, 0.05) is 17.8 Å². The Hall–Kier alpha value is -2.60. The largest absolute Gasteiger partial charge is 0.355 e. The van der Waals surface area contributed by atoms with Crippen LogP contribution in [0.1, 0.15) is 28.9 Å². The van der Waals surface area contributed by atoms with E-state index in [0.29, 0.717) is 10.7 Å². The predicted molar refractivity (Wildman–Crippen MR) is 91.8 cm³/mol. The molecule has 1 unspecified atom stereocenters. The summed E-state index contributed by atoms with van der Waals surface area (Å²) in [5.74, 6) is -1.22. The lowest BCUT2D eigenvalue weighted by atomic mass is 10.1. The Morgan fingerprint density at radius 3 is 2.42 bits per heavy atom. The second kappa shape index (κ2) is 7.79. The van der Waals surface area contributed by atoms with Crippen molar-refractivity contribution in [2.45, 2.75) is 13.0 Å². The Balaban J connectivity index is 2.04. The summed E-state index contributed by atoms with van der Waals surface area (Å²) >= 11 is 5.83. The Labute approximate surface area is 144 Å². The molecule has 5 nitrogen and oxygen atoms in total. The lowest BCUT2D eigenvalue weighted by Crippen LogP contribution is -2.31. The molecule has 0 bridgehead atoms. The number of amides is 3. The van der Waals surface area contributed by atoms with Gasteiger partial charge in [-0.3, -0.25) is 4.79 Å². The van der Waals surface area contributed by atoms with E-state index < -0.39 is 17.8 Å². The fourth-order valence-corrected chi connectivity index (χ4v) is 2.24. The van der Waals surface area contributed by atoms with Crippen LogP contribution in [0.15, 0.2) is 42.5 Å². The zero-order valence-electron chi connectivity index (χ0n) is 13.2. The summed E-state index contributed by atoms with van der Waals surface area (Å²) in [7, 11) is 1.41. The van der Waals surface area contributed by atoms with Gasteiger partial charge in [-0.1, -0.05) is 23.7 Å². The highest BCUT2D eigenvalue weighted by atomic mass is 35.5. The Morgan fingerprint density at radius 1 is 1.12 bits per heavy atom. The van der Waals surface area contributed by atoms with E-state index in [-0.39, 0.29) is 11.6 Å². The van der Waals surface area contributed by atoms with E-state index in [9.17, 15) is 14.0 Å². The van der Waals surface area contributed by atoms with Crippen molar-refractivity contribution in [3.05, 3.63) is 64.4 Å². The molecule has 2 rings (SSSR count). The maximum absolute atomic E-state index is 13.6. The van der Waals surface area contributed by atoms with Crippen molar-refractivity contribution in [1.29, 1.82) is 0 Å². The minimum atomic E-state index is -0.658. The molecule has 0 aliphatic rings. The second-order valence-electron chi connectivity index (χ2n) is 5.15. The van der Waals surface area contributed by atoms with Gasteiger partial charge in [-0.2, -0.15) is 0 Å². The average Bonchev–Trinajstić information content (AvgIpc) is 2.56. The van der Waals surface area contributed by atoms with E-state index in [0.717, 1.165) is 11.6 Å². The monoisotopic (exact) mass is 349 g/mol. The molecule has 2 aromatic rings. The normalized spacial score (nSPS) is 11.5. The molecule has 0 aromatic heterocycles. The van der Waals surface area contributed by atoms with Gasteiger partial charge in [-0.05, 0) is 42.8 Å². The quantitative estimate of drug-likeness (QED) is 0.787. The lowest BCUT2D eigenvalue weighted by Gasteiger charge is -2.15. The van der Waals surface area contributed by atoms with Crippen LogP contribution in [0.4, 0.5) is 14.9 Å². The van der Waals surface area contributed by atoms with Gasteiger partial charge in [0.25, 0.3) is 5.91 Å². The van der Waals surface area contributed by atoms with E-state index in [1.54, 1.807) is 12.1 Å². The maximum atomic E-state index is 13.6. The van der Waals surface area contributed by atoms with Crippen LogP contribution in [0.25, 0.3) is 0 Å². The summed E-state index contributed by atoms with van der Waals surface area (Å²) in [4.78, 5) is 23.6. The number of anilines is 1. The third-order valence-electron chi connectivity index (χ3n) is 3.41. The first-order chi connectivity index (χ1) is 11.4. The summed E-state index contributed by atoms with van der Waals surface area (Å²) < 4.78 is 13.6. The van der Waals surface area contributed by atoms with Gasteiger partial charge in [-0.25, -0.2) is 9.18 Å². The first-order valence-electron chi connectivity index (χ1n) is 7.25. The van der Waals surface area contributed by atoms with Gasteiger partial charge in [-0.15, -0.1) is 0 Å². The molecule has 0 saturated heterocycles. The standard InChI is InChI=1S/C17H17ClFN3O2/c1-10(11-3-5-12(18)6-4-11)21-17(24)22-13-7-8-15(19)14(9-13)16(23)20-2/h3-10H,1-2H3,(H,20,23)(H2,21,22,24). The molecule has 126 valence electrons. The Kier molecular flexibility index (Phi) is 5.76. The molecular weight excluding hydrogens is 333 g/mol. The summed E-state index contributed by atoms with van der Waals surface area (Å²) in [5, 5.41) is 8.29. The van der Waals surface area contributed by atoms with Crippen molar-refractivity contribution >= 4 is 29.2 Å². The van der Waals surface area contributed by atoms with E-state index in [1.807, 2.05) is 19.1 Å². The number of benzene rings is 2. The smallest absolute Gasteiger partial charge is 0.319 e. The van der Waals surface area contributed by atoms with Crippen molar-refractivity contribution in [2.24, 2.45) is 0 Å². The molecule has 1 atom stereocenters. The number of hydrogen-bond acceptors (Lipinski definition) is 2. The average molecular weight is 350 g/mol. The second-order valence-corrected chi connectivity index (χ2v) is 5.58. The number of halogens is 2. The SMILES string of the molecule is CNC(=O)c1cc(NC(=O)NC(C)c2ccc(Cl)cc2)ccc1F.